The fraction of sp³-hybridized carbons (Fsp3) is 0.400. The van der Waals surface area contributed by atoms with E-state index in [0.717, 1.165) is 0 Å². The molecule has 1 atom stereocenters. The first-order valence-corrected chi connectivity index (χ1v) is 6.21. The maximum Gasteiger partial charge on any atom is 0.253 e. The summed E-state index contributed by atoms with van der Waals surface area (Å²) in [5.41, 5.74) is 0.994. The number of hydrogen-bond donors (Lipinski definition) is 2. The predicted molar refractivity (Wildman–Crippen MR) is 75.6 cm³/mol. The normalized spacial score (nSPS) is 11.2. The lowest BCUT2D eigenvalue weighted by Crippen LogP contribution is -2.33. The number of rotatable bonds is 4. The molecule has 0 aromatic heterocycles. The molecule has 1 amide bonds. The Kier molecular flexibility index (Phi) is 6.04. The van der Waals surface area contributed by atoms with Gasteiger partial charge in [0.1, 0.15) is 12.4 Å². The molecule has 1 aromatic rings. The molecule has 0 spiro atoms. The van der Waals surface area contributed by atoms with Crippen LogP contribution in [-0.2, 0) is 0 Å². The average Bonchev–Trinajstić information content (AvgIpc) is 2.43. The summed E-state index contributed by atoms with van der Waals surface area (Å²) in [5.74, 6) is 5.61. The van der Waals surface area contributed by atoms with E-state index in [0.29, 0.717) is 16.9 Å². The second-order valence-electron chi connectivity index (χ2n) is 4.41. The Morgan fingerprint density at radius 1 is 1.50 bits per heavy atom. The summed E-state index contributed by atoms with van der Waals surface area (Å²) in [6.45, 7) is 1.61. The average molecular weight is 277 g/mol. The van der Waals surface area contributed by atoms with Gasteiger partial charge in [0, 0.05) is 19.2 Å². The largest absolute Gasteiger partial charge is 0.495 e. The zero-order chi connectivity index (χ0) is 15.1. The fourth-order valence-corrected chi connectivity index (χ4v) is 1.77. The lowest BCUT2D eigenvalue weighted by molar-refractivity contribution is 0.0703. The van der Waals surface area contributed by atoms with E-state index in [4.69, 9.17) is 9.84 Å². The minimum absolute atomic E-state index is 0.208. The van der Waals surface area contributed by atoms with Crippen LogP contribution in [0.5, 0.6) is 5.75 Å². The molecule has 1 aromatic carbocycles. The molecule has 0 saturated carbocycles. The Bertz CT molecular complexity index is 528. The second-order valence-corrected chi connectivity index (χ2v) is 4.41. The Morgan fingerprint density at radius 2 is 2.20 bits per heavy atom. The molecule has 0 bridgehead atoms. The summed E-state index contributed by atoms with van der Waals surface area (Å²) in [6, 6.07) is 4.91. The summed E-state index contributed by atoms with van der Waals surface area (Å²) < 4.78 is 5.15. The minimum atomic E-state index is -0.587. The number of hydrogen-bond acceptors (Lipinski definition) is 4. The lowest BCUT2D eigenvalue weighted by Gasteiger charge is -2.19. The third-order valence-electron chi connectivity index (χ3n) is 2.63. The predicted octanol–water partition coefficient (Wildman–Crippen LogP) is 0.492. The van der Waals surface area contributed by atoms with Crippen molar-refractivity contribution < 1.29 is 19.7 Å². The molecule has 0 aliphatic carbocycles. The quantitative estimate of drug-likeness (QED) is 0.786. The van der Waals surface area contributed by atoms with Crippen LogP contribution in [-0.4, -0.2) is 54.4 Å². The maximum atomic E-state index is 12.2. The van der Waals surface area contributed by atoms with Gasteiger partial charge in [0.15, 0.2) is 0 Å². The highest BCUT2D eigenvalue weighted by molar-refractivity contribution is 5.94. The summed E-state index contributed by atoms with van der Waals surface area (Å²) >= 11 is 0. The Balaban J connectivity index is 3.04. The lowest BCUT2D eigenvalue weighted by atomic mass is 10.1. The van der Waals surface area contributed by atoms with Gasteiger partial charge in [-0.25, -0.2) is 0 Å². The molecule has 1 rings (SSSR count). The first kappa shape index (κ1) is 16.0. The smallest absolute Gasteiger partial charge is 0.253 e. The first-order chi connectivity index (χ1) is 9.49. The van der Waals surface area contributed by atoms with Gasteiger partial charge >= 0.3 is 0 Å². The van der Waals surface area contributed by atoms with Gasteiger partial charge < -0.3 is 19.8 Å². The number of nitrogens with zero attached hydrogens (tertiary/aromatic N) is 1. The van der Waals surface area contributed by atoms with Gasteiger partial charge in [-0.15, -0.1) is 0 Å². The van der Waals surface area contributed by atoms with Crippen LogP contribution in [0.3, 0.4) is 0 Å². The Labute approximate surface area is 118 Å². The number of aliphatic hydroxyl groups excluding tert-OH is 2. The molecule has 5 nitrogen and oxygen atoms in total. The van der Waals surface area contributed by atoms with Gasteiger partial charge in [0.25, 0.3) is 5.91 Å². The molecule has 0 aliphatic heterocycles. The number of amides is 1. The van der Waals surface area contributed by atoms with Gasteiger partial charge in [0.2, 0.25) is 0 Å². The number of methoxy groups -OCH3 is 1. The van der Waals surface area contributed by atoms with Crippen LogP contribution in [0.4, 0.5) is 0 Å². The molecule has 0 radical (unpaired) electrons. The van der Waals surface area contributed by atoms with Gasteiger partial charge in [0.05, 0.1) is 18.8 Å². The molecule has 0 fully saturated rings. The zero-order valence-corrected chi connectivity index (χ0v) is 11.9. The molecule has 5 heteroatoms. The topological polar surface area (TPSA) is 70.0 Å². The number of carbonyl (C=O) groups is 1. The van der Waals surface area contributed by atoms with Crippen molar-refractivity contribution in [3.8, 4) is 17.6 Å². The van der Waals surface area contributed by atoms with E-state index < -0.39 is 6.10 Å². The number of aliphatic hydroxyl groups is 2. The van der Waals surface area contributed by atoms with Crippen molar-refractivity contribution in [2.24, 2.45) is 0 Å². The summed E-state index contributed by atoms with van der Waals surface area (Å²) in [7, 11) is 3.14. The van der Waals surface area contributed by atoms with Gasteiger partial charge in [-0.3, -0.25) is 4.79 Å². The molecule has 108 valence electrons. The number of likely N-dealkylation sites (N-methyl/N-ethyl adjacent to an activating group) is 1. The van der Waals surface area contributed by atoms with Crippen LogP contribution < -0.4 is 4.74 Å². The molecule has 0 saturated heterocycles. The fourth-order valence-electron chi connectivity index (χ4n) is 1.77. The minimum Gasteiger partial charge on any atom is -0.495 e. The van der Waals surface area contributed by atoms with Crippen LogP contribution in [0.25, 0.3) is 0 Å². The molecular formula is C15H19NO4. The van der Waals surface area contributed by atoms with E-state index in [1.165, 1.54) is 12.0 Å². The highest BCUT2D eigenvalue weighted by Gasteiger charge is 2.15. The molecule has 2 N–H and O–H groups in total. The summed E-state index contributed by atoms with van der Waals surface area (Å²) in [5, 5.41) is 18.0. The van der Waals surface area contributed by atoms with Crippen molar-refractivity contribution in [2.45, 2.75) is 13.0 Å². The van der Waals surface area contributed by atoms with Crippen LogP contribution in [0.1, 0.15) is 22.8 Å². The highest BCUT2D eigenvalue weighted by atomic mass is 16.5. The molecule has 0 heterocycles. The molecule has 20 heavy (non-hydrogen) atoms. The second kappa shape index (κ2) is 7.53. The number of ether oxygens (including phenoxy) is 1. The van der Waals surface area contributed by atoms with E-state index >= 15 is 0 Å². The van der Waals surface area contributed by atoms with E-state index in [-0.39, 0.29) is 19.1 Å². The van der Waals surface area contributed by atoms with Gasteiger partial charge in [-0.1, -0.05) is 11.8 Å². The van der Waals surface area contributed by atoms with Crippen molar-refractivity contribution in [3.05, 3.63) is 29.3 Å². The SMILES string of the molecule is COc1ccc(C(=O)N(C)CC(C)O)cc1C#CCO. The standard InChI is InChI=1S/C15H19NO4/c1-11(18)10-16(2)15(19)13-6-7-14(20-3)12(9-13)5-4-8-17/h6-7,9,11,17-18H,8,10H2,1-3H3. The monoisotopic (exact) mass is 277 g/mol. The van der Waals surface area contributed by atoms with Crippen molar-refractivity contribution in [2.75, 3.05) is 27.3 Å². The van der Waals surface area contributed by atoms with Crippen molar-refractivity contribution in [1.29, 1.82) is 0 Å². The van der Waals surface area contributed by atoms with Crippen LogP contribution in [0.15, 0.2) is 18.2 Å². The van der Waals surface area contributed by atoms with E-state index in [2.05, 4.69) is 11.8 Å². The van der Waals surface area contributed by atoms with E-state index in [1.807, 2.05) is 0 Å². The molecular weight excluding hydrogens is 258 g/mol. The third kappa shape index (κ3) is 4.26. The highest BCUT2D eigenvalue weighted by Crippen LogP contribution is 2.19. The first-order valence-electron chi connectivity index (χ1n) is 6.21. The Hall–Kier alpha value is -2.03. The molecule has 0 aliphatic rings. The van der Waals surface area contributed by atoms with Gasteiger partial charge in [-0.05, 0) is 25.1 Å². The van der Waals surface area contributed by atoms with Gasteiger partial charge in [-0.2, -0.15) is 0 Å². The number of carbonyl (C=O) groups excluding carboxylic acids is 1. The van der Waals surface area contributed by atoms with Crippen LogP contribution in [0, 0.1) is 11.8 Å². The maximum absolute atomic E-state index is 12.2. The van der Waals surface area contributed by atoms with Crippen molar-refractivity contribution in [3.63, 3.8) is 0 Å². The van der Waals surface area contributed by atoms with E-state index in [1.54, 1.807) is 32.2 Å². The third-order valence-corrected chi connectivity index (χ3v) is 2.63. The molecule has 1 unspecified atom stereocenters. The summed E-state index contributed by atoms with van der Waals surface area (Å²) in [6.07, 6.45) is -0.587. The van der Waals surface area contributed by atoms with Crippen molar-refractivity contribution >= 4 is 5.91 Å². The number of benzene rings is 1. The Morgan fingerprint density at radius 3 is 2.75 bits per heavy atom. The zero-order valence-electron chi connectivity index (χ0n) is 11.9. The van der Waals surface area contributed by atoms with E-state index in [9.17, 15) is 9.90 Å². The van der Waals surface area contributed by atoms with Crippen molar-refractivity contribution in [1.82, 2.24) is 4.90 Å². The summed E-state index contributed by atoms with van der Waals surface area (Å²) in [4.78, 5) is 13.6. The van der Waals surface area contributed by atoms with Crippen LogP contribution >= 0.6 is 0 Å². The van der Waals surface area contributed by atoms with Crippen LogP contribution in [0.2, 0.25) is 0 Å².